The Morgan fingerprint density at radius 1 is 0.964 bits per heavy atom. The molecule has 0 saturated heterocycles. The van der Waals surface area contributed by atoms with Crippen LogP contribution in [-0.4, -0.2) is 20.7 Å². The van der Waals surface area contributed by atoms with Gasteiger partial charge in [-0.2, -0.15) is 0 Å². The van der Waals surface area contributed by atoms with Crippen molar-refractivity contribution in [2.75, 3.05) is 5.32 Å². The number of carbonyl (C=O) groups is 1. The van der Waals surface area contributed by atoms with Gasteiger partial charge in [0.2, 0.25) is 5.82 Å². The summed E-state index contributed by atoms with van der Waals surface area (Å²) in [4.78, 5) is 17.1. The Morgan fingerprint density at radius 3 is 2.46 bits per heavy atom. The normalized spacial score (nSPS) is 10.6. The van der Waals surface area contributed by atoms with Crippen molar-refractivity contribution in [2.24, 2.45) is 0 Å². The van der Waals surface area contributed by atoms with Crippen molar-refractivity contribution in [3.05, 3.63) is 96.1 Å². The summed E-state index contributed by atoms with van der Waals surface area (Å²) >= 11 is 0. The highest BCUT2D eigenvalue weighted by Crippen LogP contribution is 2.22. The Morgan fingerprint density at radius 2 is 1.71 bits per heavy atom. The molecule has 0 fully saturated rings. The number of hydrogen-bond acceptors (Lipinski definition) is 3. The van der Waals surface area contributed by atoms with Gasteiger partial charge in [-0.25, -0.2) is 14.1 Å². The van der Waals surface area contributed by atoms with Crippen molar-refractivity contribution in [3.63, 3.8) is 0 Å². The molecule has 0 aliphatic heterocycles. The van der Waals surface area contributed by atoms with Crippen LogP contribution >= 0.6 is 0 Å². The minimum absolute atomic E-state index is 0.0383. The van der Waals surface area contributed by atoms with Crippen molar-refractivity contribution in [1.82, 2.24) is 14.8 Å². The van der Waals surface area contributed by atoms with Crippen LogP contribution in [0.15, 0.2) is 78.9 Å². The van der Waals surface area contributed by atoms with E-state index in [1.165, 1.54) is 12.1 Å². The van der Waals surface area contributed by atoms with Crippen LogP contribution < -0.4 is 5.32 Å². The van der Waals surface area contributed by atoms with Gasteiger partial charge in [-0.15, -0.1) is 5.10 Å². The standard InChI is InChI=1S/C22H17FN4O/c1-15-8-7-11-17(14-15)27-21(16-9-3-2-4-10-16)25-20(26-27)22(28)24-19-13-6-5-12-18(19)23/h2-14H,1H3,(H,24,28). The first-order valence-electron chi connectivity index (χ1n) is 8.77. The highest BCUT2D eigenvalue weighted by molar-refractivity contribution is 6.01. The molecule has 1 N–H and O–H groups in total. The first-order chi connectivity index (χ1) is 13.6. The molecule has 0 radical (unpaired) electrons. The lowest BCUT2D eigenvalue weighted by molar-refractivity contribution is 0.101. The number of halogens is 1. The highest BCUT2D eigenvalue weighted by atomic mass is 19.1. The van der Waals surface area contributed by atoms with E-state index in [2.05, 4.69) is 15.4 Å². The molecular weight excluding hydrogens is 355 g/mol. The number of para-hydroxylation sites is 1. The molecule has 0 atom stereocenters. The van der Waals surface area contributed by atoms with Gasteiger partial charge < -0.3 is 5.32 Å². The summed E-state index contributed by atoms with van der Waals surface area (Å²) in [6.07, 6.45) is 0. The second kappa shape index (κ2) is 7.44. The van der Waals surface area contributed by atoms with Gasteiger partial charge in [-0.3, -0.25) is 4.79 Å². The van der Waals surface area contributed by atoms with Crippen LogP contribution in [0.1, 0.15) is 16.2 Å². The maximum atomic E-state index is 13.9. The van der Waals surface area contributed by atoms with Gasteiger partial charge in [0.15, 0.2) is 5.82 Å². The van der Waals surface area contributed by atoms with E-state index in [0.29, 0.717) is 5.82 Å². The summed E-state index contributed by atoms with van der Waals surface area (Å²) in [5.74, 6) is -0.598. The Hall–Kier alpha value is -3.80. The minimum Gasteiger partial charge on any atom is -0.317 e. The van der Waals surface area contributed by atoms with E-state index in [4.69, 9.17) is 0 Å². The van der Waals surface area contributed by atoms with E-state index in [0.717, 1.165) is 16.8 Å². The van der Waals surface area contributed by atoms with E-state index < -0.39 is 11.7 Å². The zero-order valence-electron chi connectivity index (χ0n) is 15.1. The summed E-state index contributed by atoms with van der Waals surface area (Å²) < 4.78 is 15.5. The predicted molar refractivity (Wildman–Crippen MR) is 106 cm³/mol. The maximum Gasteiger partial charge on any atom is 0.295 e. The minimum atomic E-state index is -0.575. The molecule has 0 saturated carbocycles. The summed E-state index contributed by atoms with van der Waals surface area (Å²) in [5, 5.41) is 6.92. The molecule has 1 aromatic heterocycles. The fraction of sp³-hybridized carbons (Fsp3) is 0.0455. The molecule has 0 aliphatic carbocycles. The van der Waals surface area contributed by atoms with Crippen LogP contribution in [0.4, 0.5) is 10.1 Å². The molecule has 0 aliphatic rings. The van der Waals surface area contributed by atoms with Crippen molar-refractivity contribution in [1.29, 1.82) is 0 Å². The van der Waals surface area contributed by atoms with Crippen molar-refractivity contribution in [3.8, 4) is 17.1 Å². The number of benzene rings is 3. The highest BCUT2D eigenvalue weighted by Gasteiger charge is 2.19. The zero-order chi connectivity index (χ0) is 19.5. The molecule has 3 aromatic carbocycles. The molecule has 1 amide bonds. The SMILES string of the molecule is Cc1cccc(-n2nc(C(=O)Nc3ccccc3F)nc2-c2ccccc2)c1. The fourth-order valence-corrected chi connectivity index (χ4v) is 2.86. The van der Waals surface area contributed by atoms with Crippen LogP contribution in [0.2, 0.25) is 0 Å². The Kier molecular flexibility index (Phi) is 4.68. The molecule has 138 valence electrons. The largest absolute Gasteiger partial charge is 0.317 e. The summed E-state index contributed by atoms with van der Waals surface area (Å²) in [5.41, 5.74) is 2.75. The first kappa shape index (κ1) is 17.6. The second-order valence-corrected chi connectivity index (χ2v) is 6.31. The van der Waals surface area contributed by atoms with E-state index in [9.17, 15) is 9.18 Å². The summed E-state index contributed by atoms with van der Waals surface area (Å²) in [7, 11) is 0. The van der Waals surface area contributed by atoms with Crippen molar-refractivity contribution >= 4 is 11.6 Å². The molecule has 4 rings (SSSR count). The third-order valence-electron chi connectivity index (χ3n) is 4.21. The predicted octanol–water partition coefficient (Wildman–Crippen LogP) is 4.63. The Balaban J connectivity index is 1.77. The van der Waals surface area contributed by atoms with Crippen molar-refractivity contribution < 1.29 is 9.18 Å². The smallest absolute Gasteiger partial charge is 0.295 e. The van der Waals surface area contributed by atoms with E-state index in [-0.39, 0.29) is 11.5 Å². The first-order valence-corrected chi connectivity index (χ1v) is 8.77. The van der Waals surface area contributed by atoms with Gasteiger partial charge in [0, 0.05) is 5.56 Å². The fourth-order valence-electron chi connectivity index (χ4n) is 2.86. The van der Waals surface area contributed by atoms with Gasteiger partial charge >= 0.3 is 0 Å². The van der Waals surface area contributed by atoms with E-state index in [1.807, 2.05) is 61.5 Å². The maximum absolute atomic E-state index is 13.9. The number of rotatable bonds is 4. The molecule has 5 nitrogen and oxygen atoms in total. The topological polar surface area (TPSA) is 59.8 Å². The lowest BCUT2D eigenvalue weighted by Gasteiger charge is -2.06. The molecule has 1 heterocycles. The van der Waals surface area contributed by atoms with Gasteiger partial charge in [-0.1, -0.05) is 54.6 Å². The van der Waals surface area contributed by atoms with Gasteiger partial charge in [0.05, 0.1) is 11.4 Å². The number of carbonyl (C=O) groups excluding carboxylic acids is 1. The van der Waals surface area contributed by atoms with Crippen molar-refractivity contribution in [2.45, 2.75) is 6.92 Å². The van der Waals surface area contributed by atoms with Gasteiger partial charge in [-0.05, 0) is 36.8 Å². The van der Waals surface area contributed by atoms with Crippen LogP contribution in [0.5, 0.6) is 0 Å². The lowest BCUT2D eigenvalue weighted by atomic mass is 10.2. The summed E-state index contributed by atoms with van der Waals surface area (Å²) in [6, 6.07) is 23.2. The zero-order valence-corrected chi connectivity index (χ0v) is 15.1. The molecule has 0 unspecified atom stereocenters. The number of nitrogens with one attached hydrogen (secondary N) is 1. The number of aryl methyl sites for hydroxylation is 1. The van der Waals surface area contributed by atoms with Crippen LogP contribution in [0.3, 0.4) is 0 Å². The summed E-state index contributed by atoms with van der Waals surface area (Å²) in [6.45, 7) is 1.98. The van der Waals surface area contributed by atoms with Crippen LogP contribution in [0.25, 0.3) is 17.1 Å². The quantitative estimate of drug-likeness (QED) is 0.568. The number of anilines is 1. The number of hydrogen-bond donors (Lipinski definition) is 1. The molecule has 4 aromatic rings. The van der Waals surface area contributed by atoms with E-state index >= 15 is 0 Å². The number of nitrogens with zero attached hydrogens (tertiary/aromatic N) is 3. The molecular formula is C22H17FN4O. The van der Waals surface area contributed by atoms with Gasteiger partial charge in [0.1, 0.15) is 5.82 Å². The van der Waals surface area contributed by atoms with Crippen LogP contribution in [0, 0.1) is 12.7 Å². The molecule has 0 bridgehead atoms. The lowest BCUT2D eigenvalue weighted by Crippen LogP contribution is -2.15. The Bertz CT molecular complexity index is 1140. The molecule has 6 heteroatoms. The third-order valence-corrected chi connectivity index (χ3v) is 4.21. The number of amides is 1. The number of aromatic nitrogens is 3. The second-order valence-electron chi connectivity index (χ2n) is 6.31. The monoisotopic (exact) mass is 372 g/mol. The average molecular weight is 372 g/mol. The average Bonchev–Trinajstić information content (AvgIpc) is 3.16. The Labute approximate surface area is 161 Å². The molecule has 28 heavy (non-hydrogen) atoms. The van der Waals surface area contributed by atoms with Crippen LogP contribution in [-0.2, 0) is 0 Å². The van der Waals surface area contributed by atoms with E-state index in [1.54, 1.807) is 16.8 Å². The van der Waals surface area contributed by atoms with Gasteiger partial charge in [0.25, 0.3) is 5.91 Å². The molecule has 0 spiro atoms. The third kappa shape index (κ3) is 3.53.